The van der Waals surface area contributed by atoms with Crippen LogP contribution in [0.1, 0.15) is 30.2 Å². The molecule has 1 atom stereocenters. The van der Waals surface area contributed by atoms with Gasteiger partial charge in [0, 0.05) is 16.6 Å². The third kappa shape index (κ3) is 3.32. The van der Waals surface area contributed by atoms with E-state index in [0.717, 1.165) is 41.5 Å². The van der Waals surface area contributed by atoms with E-state index in [0.29, 0.717) is 13.2 Å². The molecule has 4 heteroatoms. The van der Waals surface area contributed by atoms with E-state index >= 15 is 0 Å². The molecule has 2 aromatic carbocycles. The highest BCUT2D eigenvalue weighted by Crippen LogP contribution is 2.34. The minimum atomic E-state index is -0.0796. The molecule has 3 aromatic rings. The Hall–Kier alpha value is -2.75. The zero-order chi connectivity index (χ0) is 17.9. The number of carbonyl (C=O) groups excluding carboxylic acids is 1. The van der Waals surface area contributed by atoms with Crippen LogP contribution in [0.5, 0.6) is 5.75 Å². The molecule has 1 aromatic heterocycles. The Labute approximate surface area is 153 Å². The molecule has 0 fully saturated rings. The molecule has 0 bridgehead atoms. The van der Waals surface area contributed by atoms with Crippen molar-refractivity contribution in [1.82, 2.24) is 4.98 Å². The van der Waals surface area contributed by atoms with Gasteiger partial charge >= 0.3 is 5.97 Å². The topological polar surface area (TPSA) is 51.3 Å². The summed E-state index contributed by atoms with van der Waals surface area (Å²) in [6.07, 6.45) is 2.46. The van der Waals surface area contributed by atoms with E-state index in [9.17, 15) is 4.79 Å². The monoisotopic (exact) mass is 349 g/mol. The summed E-state index contributed by atoms with van der Waals surface area (Å²) < 4.78 is 11.2. The molecular formula is C22H23NO3. The average molecular weight is 349 g/mol. The molecule has 0 aliphatic heterocycles. The maximum absolute atomic E-state index is 12.1. The maximum Gasteiger partial charge on any atom is 0.309 e. The van der Waals surface area contributed by atoms with Crippen molar-refractivity contribution in [2.24, 2.45) is 5.92 Å². The largest absolute Gasteiger partial charge is 0.489 e. The van der Waals surface area contributed by atoms with Gasteiger partial charge in [-0.15, -0.1) is 0 Å². The number of aromatic amines is 1. The van der Waals surface area contributed by atoms with Crippen LogP contribution in [0.3, 0.4) is 0 Å². The summed E-state index contributed by atoms with van der Waals surface area (Å²) in [4.78, 5) is 15.6. The predicted octanol–water partition coefficient (Wildman–Crippen LogP) is 4.41. The fourth-order valence-electron chi connectivity index (χ4n) is 3.69. The number of hydrogen-bond donors (Lipinski definition) is 1. The SMILES string of the molecule is CCOC(=O)[C@H]1CCc2[nH]c3ccc(OCc4ccccc4)cc3c2C1. The van der Waals surface area contributed by atoms with Crippen LogP contribution >= 0.6 is 0 Å². The van der Waals surface area contributed by atoms with Gasteiger partial charge in [-0.05, 0) is 55.5 Å². The Morgan fingerprint density at radius 3 is 2.85 bits per heavy atom. The number of fused-ring (bicyclic) bond motifs is 3. The number of aromatic nitrogens is 1. The maximum atomic E-state index is 12.1. The van der Waals surface area contributed by atoms with Crippen LogP contribution in [0.25, 0.3) is 10.9 Å². The molecular weight excluding hydrogens is 326 g/mol. The van der Waals surface area contributed by atoms with Gasteiger partial charge in [0.25, 0.3) is 0 Å². The number of hydrogen-bond acceptors (Lipinski definition) is 3. The van der Waals surface area contributed by atoms with Crippen molar-refractivity contribution in [2.45, 2.75) is 32.8 Å². The summed E-state index contributed by atoms with van der Waals surface area (Å²) in [5, 5.41) is 1.15. The van der Waals surface area contributed by atoms with E-state index in [2.05, 4.69) is 29.2 Å². The van der Waals surface area contributed by atoms with Crippen LogP contribution in [-0.2, 0) is 29.0 Å². The van der Waals surface area contributed by atoms with Gasteiger partial charge in [0.05, 0.1) is 12.5 Å². The summed E-state index contributed by atoms with van der Waals surface area (Å²) in [5.74, 6) is 0.723. The highest BCUT2D eigenvalue weighted by Gasteiger charge is 2.28. The molecule has 0 saturated heterocycles. The molecule has 0 unspecified atom stereocenters. The van der Waals surface area contributed by atoms with Gasteiger partial charge in [0.15, 0.2) is 0 Å². The number of aryl methyl sites for hydroxylation is 1. The van der Waals surface area contributed by atoms with Crippen LogP contribution in [0, 0.1) is 5.92 Å². The lowest BCUT2D eigenvalue weighted by atomic mass is 9.86. The van der Waals surface area contributed by atoms with Crippen LogP contribution in [0.2, 0.25) is 0 Å². The molecule has 1 N–H and O–H groups in total. The molecule has 26 heavy (non-hydrogen) atoms. The number of nitrogens with one attached hydrogen (secondary N) is 1. The molecule has 1 heterocycles. The molecule has 0 spiro atoms. The first-order valence-electron chi connectivity index (χ1n) is 9.21. The first-order valence-corrected chi connectivity index (χ1v) is 9.21. The van der Waals surface area contributed by atoms with Crippen molar-refractivity contribution in [3.05, 3.63) is 65.4 Å². The van der Waals surface area contributed by atoms with E-state index in [4.69, 9.17) is 9.47 Å². The summed E-state index contributed by atoms with van der Waals surface area (Å²) in [5.41, 5.74) is 4.72. The van der Waals surface area contributed by atoms with Gasteiger partial charge in [-0.2, -0.15) is 0 Å². The highest BCUT2D eigenvalue weighted by molar-refractivity contribution is 5.87. The zero-order valence-electron chi connectivity index (χ0n) is 15.0. The smallest absolute Gasteiger partial charge is 0.309 e. The third-order valence-corrected chi connectivity index (χ3v) is 5.03. The Kier molecular flexibility index (Phi) is 4.65. The van der Waals surface area contributed by atoms with Crippen LogP contribution in [0.4, 0.5) is 0 Å². The number of ether oxygens (including phenoxy) is 2. The lowest BCUT2D eigenvalue weighted by Crippen LogP contribution is -2.24. The average Bonchev–Trinajstić information content (AvgIpc) is 3.04. The minimum Gasteiger partial charge on any atom is -0.489 e. The number of carbonyl (C=O) groups is 1. The lowest BCUT2D eigenvalue weighted by Gasteiger charge is -2.20. The quantitative estimate of drug-likeness (QED) is 0.694. The van der Waals surface area contributed by atoms with Gasteiger partial charge in [-0.25, -0.2) is 0 Å². The molecule has 4 rings (SSSR count). The summed E-state index contributed by atoms with van der Waals surface area (Å²) >= 11 is 0. The van der Waals surface area contributed by atoms with Crippen LogP contribution in [0.15, 0.2) is 48.5 Å². The van der Waals surface area contributed by atoms with E-state index in [1.807, 2.05) is 31.2 Å². The molecule has 4 nitrogen and oxygen atoms in total. The zero-order valence-corrected chi connectivity index (χ0v) is 15.0. The fraction of sp³-hybridized carbons (Fsp3) is 0.318. The van der Waals surface area contributed by atoms with E-state index < -0.39 is 0 Å². The molecule has 1 aliphatic carbocycles. The Bertz CT molecular complexity index is 914. The first-order chi connectivity index (χ1) is 12.7. The van der Waals surface area contributed by atoms with Gasteiger partial charge in [0.1, 0.15) is 12.4 Å². The number of H-pyrrole nitrogens is 1. The molecule has 134 valence electrons. The molecule has 0 amide bonds. The van der Waals surface area contributed by atoms with E-state index in [-0.39, 0.29) is 11.9 Å². The van der Waals surface area contributed by atoms with Crippen molar-refractivity contribution < 1.29 is 14.3 Å². The van der Waals surface area contributed by atoms with E-state index in [1.165, 1.54) is 11.3 Å². The molecule has 0 saturated carbocycles. The van der Waals surface area contributed by atoms with Gasteiger partial charge < -0.3 is 14.5 Å². The van der Waals surface area contributed by atoms with Crippen molar-refractivity contribution in [1.29, 1.82) is 0 Å². The van der Waals surface area contributed by atoms with Crippen LogP contribution in [-0.4, -0.2) is 17.6 Å². The normalized spacial score (nSPS) is 16.3. The van der Waals surface area contributed by atoms with Crippen molar-refractivity contribution in [2.75, 3.05) is 6.61 Å². The van der Waals surface area contributed by atoms with Gasteiger partial charge in [0.2, 0.25) is 0 Å². The van der Waals surface area contributed by atoms with Gasteiger partial charge in [-0.1, -0.05) is 30.3 Å². The Balaban J connectivity index is 1.56. The standard InChI is InChI=1S/C22H23NO3/c1-2-25-22(24)16-8-10-20-18(12-16)19-13-17(9-11-21(19)23-20)26-14-15-6-4-3-5-7-15/h3-7,9,11,13,16,23H,2,8,10,12,14H2,1H3/t16-/m0/s1. The van der Waals surface area contributed by atoms with Crippen molar-refractivity contribution >= 4 is 16.9 Å². The number of benzene rings is 2. The molecule has 0 radical (unpaired) electrons. The van der Waals surface area contributed by atoms with Crippen molar-refractivity contribution in [3.8, 4) is 5.75 Å². The second-order valence-electron chi connectivity index (χ2n) is 6.76. The third-order valence-electron chi connectivity index (χ3n) is 5.03. The Morgan fingerprint density at radius 1 is 1.19 bits per heavy atom. The van der Waals surface area contributed by atoms with Crippen molar-refractivity contribution in [3.63, 3.8) is 0 Å². The van der Waals surface area contributed by atoms with Crippen LogP contribution < -0.4 is 4.74 Å². The summed E-state index contributed by atoms with van der Waals surface area (Å²) in [6, 6.07) is 16.3. The second-order valence-corrected chi connectivity index (χ2v) is 6.76. The molecule has 1 aliphatic rings. The predicted molar refractivity (Wildman–Crippen MR) is 101 cm³/mol. The Morgan fingerprint density at radius 2 is 2.04 bits per heavy atom. The fourth-order valence-corrected chi connectivity index (χ4v) is 3.69. The number of esters is 1. The lowest BCUT2D eigenvalue weighted by molar-refractivity contribution is -0.148. The highest BCUT2D eigenvalue weighted by atomic mass is 16.5. The van der Waals surface area contributed by atoms with E-state index in [1.54, 1.807) is 0 Å². The minimum absolute atomic E-state index is 0.0460. The summed E-state index contributed by atoms with van der Waals surface area (Å²) in [6.45, 7) is 2.84. The number of rotatable bonds is 5. The second kappa shape index (κ2) is 7.24. The first kappa shape index (κ1) is 16.7. The summed E-state index contributed by atoms with van der Waals surface area (Å²) in [7, 11) is 0. The van der Waals surface area contributed by atoms with Gasteiger partial charge in [-0.3, -0.25) is 4.79 Å².